The molecule has 182 valence electrons. The Morgan fingerprint density at radius 3 is 2.26 bits per heavy atom. The molecule has 3 nitrogen and oxygen atoms in total. The lowest BCUT2D eigenvalue weighted by atomic mass is 9.90. The fourth-order valence-electron chi connectivity index (χ4n) is 4.10. The number of alkyl halides is 6. The minimum atomic E-state index is -5.92. The van der Waals surface area contributed by atoms with Crippen LogP contribution in [0.4, 0.5) is 32.0 Å². The third-order valence-corrected chi connectivity index (χ3v) is 7.29. The van der Waals surface area contributed by atoms with Gasteiger partial charge in [-0.15, -0.1) is 11.3 Å². The molecule has 0 amide bonds. The molecule has 4 rings (SSSR count). The number of fused-ring (bicyclic) bond motifs is 1. The normalized spacial score (nSPS) is 16.8. The van der Waals surface area contributed by atoms with Gasteiger partial charge in [-0.3, -0.25) is 0 Å². The summed E-state index contributed by atoms with van der Waals surface area (Å²) in [6.45, 7) is 4.08. The van der Waals surface area contributed by atoms with Crippen LogP contribution in [0.5, 0.6) is 0 Å². The number of nitrogens with zero attached hydrogens (tertiary/aromatic N) is 2. The van der Waals surface area contributed by atoms with Crippen molar-refractivity contribution in [3.8, 4) is 10.6 Å². The second-order valence-electron chi connectivity index (χ2n) is 8.26. The highest BCUT2D eigenvalue weighted by atomic mass is 35.5. The van der Waals surface area contributed by atoms with Crippen molar-refractivity contribution in [1.29, 1.82) is 0 Å². The molecule has 1 aromatic heterocycles. The molecular weight excluding hydrogens is 502 g/mol. The summed E-state index contributed by atoms with van der Waals surface area (Å²) < 4.78 is 79.8. The lowest BCUT2D eigenvalue weighted by Crippen LogP contribution is -2.53. The molecule has 34 heavy (non-hydrogen) atoms. The van der Waals surface area contributed by atoms with Crippen molar-refractivity contribution in [3.05, 3.63) is 69.2 Å². The maximum Gasteiger partial charge on any atom is 0.430 e. The summed E-state index contributed by atoms with van der Waals surface area (Å²) in [7, 11) is 0. The van der Waals surface area contributed by atoms with Crippen LogP contribution in [0.25, 0.3) is 10.6 Å². The number of aliphatic hydroxyl groups is 1. The van der Waals surface area contributed by atoms with E-state index >= 15 is 0 Å². The summed E-state index contributed by atoms with van der Waals surface area (Å²) in [5, 5.41) is 11.1. The fraction of sp³-hybridized carbons (Fsp3) is 0.348. The van der Waals surface area contributed by atoms with E-state index < -0.39 is 23.5 Å². The number of anilines is 1. The second kappa shape index (κ2) is 8.42. The van der Waals surface area contributed by atoms with Gasteiger partial charge < -0.3 is 10.0 Å². The Labute approximate surface area is 200 Å². The lowest BCUT2D eigenvalue weighted by molar-refractivity contribution is -0.376. The quantitative estimate of drug-likeness (QED) is 0.375. The highest BCUT2D eigenvalue weighted by Crippen LogP contribution is 2.51. The van der Waals surface area contributed by atoms with Crippen LogP contribution in [0.2, 0.25) is 5.02 Å². The van der Waals surface area contributed by atoms with Crippen LogP contribution in [0.3, 0.4) is 0 Å². The van der Waals surface area contributed by atoms with Gasteiger partial charge in [-0.1, -0.05) is 35.9 Å². The number of rotatable bonds is 4. The summed E-state index contributed by atoms with van der Waals surface area (Å²) >= 11 is 7.42. The van der Waals surface area contributed by atoms with E-state index in [2.05, 4.69) is 0 Å². The van der Waals surface area contributed by atoms with Crippen molar-refractivity contribution in [1.82, 2.24) is 4.98 Å². The summed E-state index contributed by atoms with van der Waals surface area (Å²) in [6, 6.07) is 9.73. The Kier molecular flexibility index (Phi) is 6.15. The molecule has 0 saturated carbocycles. The van der Waals surface area contributed by atoms with Gasteiger partial charge in [0, 0.05) is 32.8 Å². The monoisotopic (exact) mass is 520 g/mol. The fourth-order valence-corrected chi connectivity index (χ4v) is 5.15. The van der Waals surface area contributed by atoms with Gasteiger partial charge in [0.15, 0.2) is 0 Å². The standard InChI is InChI=1S/C23H19ClF6N2OS/c1-12-9-15-10-16(21(33,22(25,26)27)23(28,29)30)5-8-19(15)32(12)11-18-13(2)34-20(31-18)14-3-6-17(24)7-4-14/h3-8,10,12,33H,9,11H2,1-2H3. The number of hydrogen-bond acceptors (Lipinski definition) is 4. The average molecular weight is 521 g/mol. The lowest BCUT2D eigenvalue weighted by Gasteiger charge is -2.33. The van der Waals surface area contributed by atoms with E-state index in [0.717, 1.165) is 27.2 Å². The van der Waals surface area contributed by atoms with Gasteiger partial charge in [-0.25, -0.2) is 4.98 Å². The molecule has 0 saturated heterocycles. The van der Waals surface area contributed by atoms with Gasteiger partial charge in [0.1, 0.15) is 5.01 Å². The second-order valence-corrected chi connectivity index (χ2v) is 9.90. The SMILES string of the molecule is Cc1sc(-c2ccc(Cl)cc2)nc1CN1c2ccc(C(O)(C(F)(F)F)C(F)(F)F)cc2CC1C. The maximum absolute atomic E-state index is 13.3. The van der Waals surface area contributed by atoms with Crippen LogP contribution in [-0.4, -0.2) is 28.5 Å². The Morgan fingerprint density at radius 1 is 1.06 bits per heavy atom. The first-order chi connectivity index (χ1) is 15.7. The van der Waals surface area contributed by atoms with Crippen LogP contribution in [0.1, 0.15) is 28.6 Å². The number of halogens is 7. The number of aromatic nitrogens is 1. The van der Waals surface area contributed by atoms with Gasteiger partial charge in [-0.05, 0) is 44.0 Å². The molecule has 0 fully saturated rings. The predicted molar refractivity (Wildman–Crippen MR) is 119 cm³/mol. The van der Waals surface area contributed by atoms with Crippen molar-refractivity contribution in [2.24, 2.45) is 0 Å². The molecule has 2 heterocycles. The van der Waals surface area contributed by atoms with Gasteiger partial charge >= 0.3 is 12.4 Å². The van der Waals surface area contributed by atoms with Crippen molar-refractivity contribution in [2.75, 3.05) is 4.90 Å². The molecule has 11 heteroatoms. The smallest absolute Gasteiger partial charge is 0.369 e. The zero-order chi connectivity index (χ0) is 25.1. The number of hydrogen-bond donors (Lipinski definition) is 1. The van der Waals surface area contributed by atoms with Gasteiger partial charge in [-0.2, -0.15) is 26.3 Å². The summed E-state index contributed by atoms with van der Waals surface area (Å²) in [5.74, 6) is 0. The number of benzene rings is 2. The molecule has 1 N–H and O–H groups in total. The highest BCUT2D eigenvalue weighted by molar-refractivity contribution is 7.15. The molecule has 1 unspecified atom stereocenters. The highest BCUT2D eigenvalue weighted by Gasteiger charge is 2.71. The maximum atomic E-state index is 13.3. The topological polar surface area (TPSA) is 36.4 Å². The third-order valence-electron chi connectivity index (χ3n) is 5.98. The van der Waals surface area contributed by atoms with E-state index in [1.807, 2.05) is 30.9 Å². The molecule has 1 aliphatic rings. The Morgan fingerprint density at radius 2 is 1.68 bits per heavy atom. The Hall–Kier alpha value is -2.30. The van der Waals surface area contributed by atoms with Crippen molar-refractivity contribution in [2.45, 2.75) is 50.8 Å². The molecule has 0 spiro atoms. The predicted octanol–water partition coefficient (Wildman–Crippen LogP) is 7.04. The van der Waals surface area contributed by atoms with E-state index in [1.165, 1.54) is 17.4 Å². The molecule has 0 aliphatic carbocycles. The first-order valence-electron chi connectivity index (χ1n) is 10.2. The largest absolute Gasteiger partial charge is 0.430 e. The van der Waals surface area contributed by atoms with Crippen LogP contribution in [0.15, 0.2) is 42.5 Å². The summed E-state index contributed by atoms with van der Waals surface area (Å²) in [6.07, 6.45) is -11.6. The van der Waals surface area contributed by atoms with Crippen molar-refractivity contribution in [3.63, 3.8) is 0 Å². The van der Waals surface area contributed by atoms with E-state index in [0.29, 0.717) is 28.9 Å². The Balaban J connectivity index is 1.65. The van der Waals surface area contributed by atoms with Crippen LogP contribution in [0, 0.1) is 6.92 Å². The van der Waals surface area contributed by atoms with Crippen LogP contribution < -0.4 is 4.90 Å². The van der Waals surface area contributed by atoms with E-state index in [1.54, 1.807) is 12.1 Å². The van der Waals surface area contributed by atoms with Gasteiger partial charge in [0.2, 0.25) is 0 Å². The molecule has 2 aromatic carbocycles. The summed E-state index contributed by atoms with van der Waals surface area (Å²) in [4.78, 5) is 7.54. The Bertz CT molecular complexity index is 1190. The van der Waals surface area contributed by atoms with E-state index in [-0.39, 0.29) is 12.5 Å². The van der Waals surface area contributed by atoms with Crippen molar-refractivity contribution >= 4 is 28.6 Å². The first-order valence-corrected chi connectivity index (χ1v) is 11.4. The molecular formula is C23H19ClF6N2OS. The van der Waals surface area contributed by atoms with E-state index in [4.69, 9.17) is 16.6 Å². The molecule has 3 aromatic rings. The summed E-state index contributed by atoms with van der Waals surface area (Å²) in [5.41, 5.74) is -3.70. The molecule has 1 aliphatic heterocycles. The minimum Gasteiger partial charge on any atom is -0.369 e. The zero-order valence-corrected chi connectivity index (χ0v) is 19.5. The minimum absolute atomic E-state index is 0.185. The zero-order valence-electron chi connectivity index (χ0n) is 17.9. The van der Waals surface area contributed by atoms with Crippen LogP contribution in [-0.2, 0) is 18.6 Å². The van der Waals surface area contributed by atoms with Crippen LogP contribution >= 0.6 is 22.9 Å². The van der Waals surface area contributed by atoms with E-state index in [9.17, 15) is 31.4 Å². The number of thiazole rings is 1. The average Bonchev–Trinajstić information content (AvgIpc) is 3.25. The number of aryl methyl sites for hydroxylation is 1. The third kappa shape index (κ3) is 4.16. The van der Waals surface area contributed by atoms with Gasteiger partial charge in [0.05, 0.1) is 12.2 Å². The molecule has 1 atom stereocenters. The van der Waals surface area contributed by atoms with Gasteiger partial charge in [0.25, 0.3) is 5.60 Å². The molecule has 0 radical (unpaired) electrons. The van der Waals surface area contributed by atoms with Crippen molar-refractivity contribution < 1.29 is 31.4 Å². The first kappa shape index (κ1) is 24.8. The molecule has 0 bridgehead atoms.